The largest absolute Gasteiger partial charge is 0.464 e. The molecule has 2 rings (SSSR count). The van der Waals surface area contributed by atoms with Gasteiger partial charge in [-0.15, -0.1) is 0 Å². The van der Waals surface area contributed by atoms with Crippen molar-refractivity contribution in [3.63, 3.8) is 0 Å². The van der Waals surface area contributed by atoms with Gasteiger partial charge < -0.3 is 14.4 Å². The van der Waals surface area contributed by atoms with E-state index in [0.29, 0.717) is 5.56 Å². The topological polar surface area (TPSA) is 69.5 Å². The summed E-state index contributed by atoms with van der Waals surface area (Å²) in [7, 11) is 2.69. The van der Waals surface area contributed by atoms with Crippen molar-refractivity contribution in [2.75, 3.05) is 14.2 Å². The van der Waals surface area contributed by atoms with Crippen LogP contribution in [0.15, 0.2) is 52.8 Å². The first kappa shape index (κ1) is 21.2. The number of oxime groups is 2. The van der Waals surface area contributed by atoms with Gasteiger partial charge in [-0.25, -0.2) is 4.79 Å². The van der Waals surface area contributed by atoms with Crippen LogP contribution in [-0.2, 0) is 25.8 Å². The Balaban J connectivity index is 2.31. The summed E-state index contributed by atoms with van der Waals surface area (Å²) in [5.41, 5.74) is 5.49. The van der Waals surface area contributed by atoms with E-state index in [0.717, 1.165) is 28.8 Å². The second-order valence-electron chi connectivity index (χ2n) is 6.25. The monoisotopic (exact) mass is 382 g/mol. The van der Waals surface area contributed by atoms with Gasteiger partial charge in [-0.3, -0.25) is 0 Å². The lowest BCUT2D eigenvalue weighted by Crippen LogP contribution is -2.20. The Morgan fingerprint density at radius 3 is 2.43 bits per heavy atom. The quantitative estimate of drug-likeness (QED) is 0.391. The minimum absolute atomic E-state index is 0.0886. The fraction of sp³-hybridized carbons (Fsp3) is 0.318. The Kier molecular flexibility index (Phi) is 7.75. The molecular formula is C22H26N2O4. The summed E-state index contributed by atoms with van der Waals surface area (Å²) >= 11 is 0. The first-order chi connectivity index (χ1) is 13.5. The van der Waals surface area contributed by atoms with Crippen LogP contribution >= 0.6 is 0 Å². The molecule has 2 aromatic rings. The smallest absolute Gasteiger partial charge is 0.360 e. The molecule has 0 heterocycles. The van der Waals surface area contributed by atoms with Crippen molar-refractivity contribution in [3.8, 4) is 0 Å². The van der Waals surface area contributed by atoms with E-state index in [4.69, 9.17) is 14.4 Å². The fourth-order valence-corrected chi connectivity index (χ4v) is 2.82. The van der Waals surface area contributed by atoms with Gasteiger partial charge in [0, 0.05) is 11.1 Å². The Labute approximate surface area is 165 Å². The van der Waals surface area contributed by atoms with E-state index < -0.39 is 5.97 Å². The zero-order chi connectivity index (χ0) is 20.5. The molecule has 0 amide bonds. The van der Waals surface area contributed by atoms with Crippen molar-refractivity contribution in [2.24, 2.45) is 10.3 Å². The summed E-state index contributed by atoms with van der Waals surface area (Å²) in [6.45, 7) is 6.21. The van der Waals surface area contributed by atoms with Gasteiger partial charge in [-0.1, -0.05) is 65.3 Å². The number of benzene rings is 2. The zero-order valence-electron chi connectivity index (χ0n) is 17.0. The number of nitrogens with zero attached hydrogens (tertiary/aromatic N) is 2. The van der Waals surface area contributed by atoms with Crippen molar-refractivity contribution in [2.45, 2.75) is 33.8 Å². The Bertz CT molecular complexity index is 888. The second kappa shape index (κ2) is 10.3. The predicted octanol–water partition coefficient (Wildman–Crippen LogP) is 4.16. The van der Waals surface area contributed by atoms with Crippen LogP contribution in [0.5, 0.6) is 0 Å². The third-order valence-corrected chi connectivity index (χ3v) is 4.30. The van der Waals surface area contributed by atoms with E-state index in [1.165, 1.54) is 19.8 Å². The highest BCUT2D eigenvalue weighted by atomic mass is 16.6. The number of carbonyl (C=O) groups is 1. The lowest BCUT2D eigenvalue weighted by molar-refractivity contribution is -0.132. The maximum atomic E-state index is 12.1. The highest BCUT2D eigenvalue weighted by molar-refractivity contribution is 6.43. The summed E-state index contributed by atoms with van der Waals surface area (Å²) in [4.78, 5) is 22.6. The van der Waals surface area contributed by atoms with Crippen molar-refractivity contribution < 1.29 is 19.2 Å². The number of hydrogen-bond donors (Lipinski definition) is 0. The molecule has 0 N–H and O–H groups in total. The molecule has 0 saturated heterocycles. The molecule has 148 valence electrons. The molecule has 0 aliphatic rings. The van der Waals surface area contributed by atoms with Gasteiger partial charge in [0.15, 0.2) is 5.71 Å². The first-order valence-electron chi connectivity index (χ1n) is 9.06. The third-order valence-electron chi connectivity index (χ3n) is 4.30. The summed E-state index contributed by atoms with van der Waals surface area (Å²) in [5, 5.41) is 8.17. The number of aryl methyl sites for hydroxylation is 2. The predicted molar refractivity (Wildman–Crippen MR) is 110 cm³/mol. The second-order valence-corrected chi connectivity index (χ2v) is 6.25. The van der Waals surface area contributed by atoms with Crippen LogP contribution in [0.3, 0.4) is 0 Å². The van der Waals surface area contributed by atoms with E-state index >= 15 is 0 Å². The lowest BCUT2D eigenvalue weighted by atomic mass is 9.99. The molecule has 0 atom stereocenters. The van der Waals surface area contributed by atoms with Crippen molar-refractivity contribution in [3.05, 3.63) is 70.3 Å². The summed E-state index contributed by atoms with van der Waals surface area (Å²) in [5.74, 6) is -0.578. The number of methoxy groups -OCH3 is 1. The maximum Gasteiger partial charge on any atom is 0.360 e. The molecule has 0 aliphatic carbocycles. The SMILES string of the molecule is CC/C(=N\OCc1c(C)cccc1/C(=N\OC)C(=O)OC)c1cccc(C)c1. The molecule has 0 aromatic heterocycles. The number of esters is 1. The van der Waals surface area contributed by atoms with Crippen LogP contribution in [0.1, 0.15) is 41.2 Å². The van der Waals surface area contributed by atoms with Crippen molar-refractivity contribution in [1.82, 2.24) is 0 Å². The molecule has 0 spiro atoms. The number of carbonyl (C=O) groups excluding carboxylic acids is 1. The maximum absolute atomic E-state index is 12.1. The van der Waals surface area contributed by atoms with E-state index in [1.54, 1.807) is 6.07 Å². The summed E-state index contributed by atoms with van der Waals surface area (Å²) in [6.07, 6.45) is 0.739. The Morgan fingerprint density at radius 2 is 1.79 bits per heavy atom. The third kappa shape index (κ3) is 5.19. The van der Waals surface area contributed by atoms with Crippen LogP contribution in [0.25, 0.3) is 0 Å². The van der Waals surface area contributed by atoms with Crippen molar-refractivity contribution >= 4 is 17.4 Å². The standard InChI is InChI=1S/C22H26N2O4/c1-6-20(17-11-7-9-15(2)13-17)23-28-14-19-16(3)10-8-12-18(19)21(24-27-5)22(25)26-4/h7-13H,6,14H2,1-5H3/b23-20+,24-21+. The van der Waals surface area contributed by atoms with Crippen LogP contribution in [0.4, 0.5) is 0 Å². The molecule has 0 bridgehead atoms. The van der Waals surface area contributed by atoms with Gasteiger partial charge >= 0.3 is 5.97 Å². The molecular weight excluding hydrogens is 356 g/mol. The van der Waals surface area contributed by atoms with Crippen LogP contribution in [-0.4, -0.2) is 31.6 Å². The van der Waals surface area contributed by atoms with E-state index in [1.807, 2.05) is 51.1 Å². The normalized spacial score (nSPS) is 11.9. The average molecular weight is 382 g/mol. The molecule has 0 aliphatic heterocycles. The summed E-state index contributed by atoms with van der Waals surface area (Å²) < 4.78 is 4.83. The van der Waals surface area contributed by atoms with E-state index in [9.17, 15) is 4.79 Å². The van der Waals surface area contributed by atoms with Crippen LogP contribution in [0.2, 0.25) is 0 Å². The number of hydrogen-bond acceptors (Lipinski definition) is 6. The van der Waals surface area contributed by atoms with Crippen molar-refractivity contribution in [1.29, 1.82) is 0 Å². The minimum atomic E-state index is -0.578. The highest BCUT2D eigenvalue weighted by Crippen LogP contribution is 2.18. The first-order valence-corrected chi connectivity index (χ1v) is 9.06. The highest BCUT2D eigenvalue weighted by Gasteiger charge is 2.20. The lowest BCUT2D eigenvalue weighted by Gasteiger charge is -2.13. The van der Waals surface area contributed by atoms with E-state index in [2.05, 4.69) is 16.4 Å². The average Bonchev–Trinajstić information content (AvgIpc) is 2.70. The number of rotatable bonds is 8. The fourth-order valence-electron chi connectivity index (χ4n) is 2.82. The molecule has 6 heteroatoms. The van der Waals surface area contributed by atoms with Gasteiger partial charge in [0.1, 0.15) is 13.7 Å². The molecule has 28 heavy (non-hydrogen) atoms. The van der Waals surface area contributed by atoms with Gasteiger partial charge in [-0.05, 0) is 31.4 Å². The summed E-state index contributed by atoms with van der Waals surface area (Å²) in [6, 6.07) is 13.7. The minimum Gasteiger partial charge on any atom is -0.464 e. The molecule has 0 unspecified atom stereocenters. The van der Waals surface area contributed by atoms with Gasteiger partial charge in [0.25, 0.3) is 0 Å². The molecule has 2 aromatic carbocycles. The van der Waals surface area contributed by atoms with Crippen LogP contribution < -0.4 is 0 Å². The van der Waals surface area contributed by atoms with E-state index in [-0.39, 0.29) is 12.3 Å². The molecule has 0 fully saturated rings. The Morgan fingerprint density at radius 1 is 1.04 bits per heavy atom. The zero-order valence-corrected chi connectivity index (χ0v) is 17.0. The Hall–Kier alpha value is -3.15. The molecule has 6 nitrogen and oxygen atoms in total. The van der Waals surface area contributed by atoms with Crippen LogP contribution in [0, 0.1) is 13.8 Å². The van der Waals surface area contributed by atoms with Gasteiger partial charge in [-0.2, -0.15) is 0 Å². The van der Waals surface area contributed by atoms with Gasteiger partial charge in [0.05, 0.1) is 12.8 Å². The molecule has 0 radical (unpaired) electrons. The molecule has 0 saturated carbocycles. The van der Waals surface area contributed by atoms with Gasteiger partial charge in [0.2, 0.25) is 0 Å². The number of ether oxygens (including phenoxy) is 1.